The number of Topliss-reactive ketones (excluding diaryl/α,β-unsaturated/α-hetero) is 1. The molecule has 124 valence electrons. The van der Waals surface area contributed by atoms with Gasteiger partial charge in [-0.2, -0.15) is 0 Å². The number of esters is 1. The van der Waals surface area contributed by atoms with E-state index in [4.69, 9.17) is 14.2 Å². The molecule has 0 bridgehead atoms. The first-order valence-electron chi connectivity index (χ1n) is 7.80. The van der Waals surface area contributed by atoms with Crippen LogP contribution in [0, 0.1) is 6.92 Å². The SMILES string of the molecule is Cc1cccc(C(=O)OCC(=O)c2ccc3c(c2)OCCCO3)c1. The third-order valence-corrected chi connectivity index (χ3v) is 3.66. The largest absolute Gasteiger partial charge is 0.490 e. The van der Waals surface area contributed by atoms with Crippen LogP contribution in [0.3, 0.4) is 0 Å². The van der Waals surface area contributed by atoms with E-state index in [2.05, 4.69) is 0 Å². The molecule has 3 rings (SSSR count). The number of hydrogen-bond donors (Lipinski definition) is 0. The van der Waals surface area contributed by atoms with E-state index in [9.17, 15) is 9.59 Å². The smallest absolute Gasteiger partial charge is 0.338 e. The van der Waals surface area contributed by atoms with Crippen LogP contribution in [0.15, 0.2) is 42.5 Å². The van der Waals surface area contributed by atoms with Crippen molar-refractivity contribution in [3.63, 3.8) is 0 Å². The van der Waals surface area contributed by atoms with Crippen molar-refractivity contribution in [1.82, 2.24) is 0 Å². The highest BCUT2D eigenvalue weighted by Crippen LogP contribution is 2.30. The van der Waals surface area contributed by atoms with Gasteiger partial charge in [-0.05, 0) is 37.3 Å². The minimum atomic E-state index is -0.513. The van der Waals surface area contributed by atoms with Gasteiger partial charge >= 0.3 is 5.97 Å². The Morgan fingerprint density at radius 1 is 1.00 bits per heavy atom. The first kappa shape index (κ1) is 16.1. The van der Waals surface area contributed by atoms with E-state index in [0.717, 1.165) is 12.0 Å². The Labute approximate surface area is 140 Å². The van der Waals surface area contributed by atoms with Crippen molar-refractivity contribution >= 4 is 11.8 Å². The minimum absolute atomic E-state index is 0.286. The molecule has 0 aliphatic carbocycles. The van der Waals surface area contributed by atoms with Gasteiger partial charge in [0.2, 0.25) is 0 Å². The molecule has 0 unspecified atom stereocenters. The molecule has 0 spiro atoms. The molecule has 0 aromatic heterocycles. The second-order valence-electron chi connectivity index (χ2n) is 5.58. The standard InChI is InChI=1S/C19H18O5/c1-13-4-2-5-15(10-13)19(21)24-12-16(20)14-6-7-17-18(11-14)23-9-3-8-22-17/h2,4-7,10-11H,3,8-9,12H2,1H3. The van der Waals surface area contributed by atoms with Crippen LogP contribution in [0.1, 0.15) is 32.7 Å². The number of benzene rings is 2. The summed E-state index contributed by atoms with van der Waals surface area (Å²) in [5.41, 5.74) is 1.82. The molecule has 0 N–H and O–H groups in total. The summed E-state index contributed by atoms with van der Waals surface area (Å²) >= 11 is 0. The van der Waals surface area contributed by atoms with Crippen LogP contribution >= 0.6 is 0 Å². The van der Waals surface area contributed by atoms with E-state index >= 15 is 0 Å². The highest BCUT2D eigenvalue weighted by molar-refractivity contribution is 5.99. The van der Waals surface area contributed by atoms with Crippen LogP contribution in [0.2, 0.25) is 0 Å². The maximum Gasteiger partial charge on any atom is 0.338 e. The van der Waals surface area contributed by atoms with Gasteiger partial charge < -0.3 is 14.2 Å². The van der Waals surface area contributed by atoms with Crippen molar-refractivity contribution in [1.29, 1.82) is 0 Å². The summed E-state index contributed by atoms with van der Waals surface area (Å²) < 4.78 is 16.2. The van der Waals surface area contributed by atoms with Crippen molar-refractivity contribution in [2.24, 2.45) is 0 Å². The summed E-state index contributed by atoms with van der Waals surface area (Å²) in [6.07, 6.45) is 0.798. The lowest BCUT2D eigenvalue weighted by Gasteiger charge is -2.09. The van der Waals surface area contributed by atoms with E-state index in [-0.39, 0.29) is 12.4 Å². The van der Waals surface area contributed by atoms with E-state index in [1.807, 2.05) is 13.0 Å². The third kappa shape index (κ3) is 3.74. The van der Waals surface area contributed by atoms with E-state index in [1.54, 1.807) is 36.4 Å². The second-order valence-corrected chi connectivity index (χ2v) is 5.58. The Bertz CT molecular complexity index is 766. The minimum Gasteiger partial charge on any atom is -0.490 e. The van der Waals surface area contributed by atoms with E-state index in [0.29, 0.717) is 35.8 Å². The molecule has 1 aliphatic rings. The summed E-state index contributed by atoms with van der Waals surface area (Å²) in [6, 6.07) is 12.0. The molecule has 0 fully saturated rings. The van der Waals surface area contributed by atoms with Crippen LogP contribution in [0.4, 0.5) is 0 Å². The van der Waals surface area contributed by atoms with Gasteiger partial charge in [-0.1, -0.05) is 17.7 Å². The number of ether oxygens (including phenoxy) is 3. The summed E-state index contributed by atoms with van der Waals surface area (Å²) in [5, 5.41) is 0. The third-order valence-electron chi connectivity index (χ3n) is 3.66. The Morgan fingerprint density at radius 3 is 2.58 bits per heavy atom. The molecule has 5 heteroatoms. The first-order valence-corrected chi connectivity index (χ1v) is 7.80. The maximum absolute atomic E-state index is 12.2. The van der Waals surface area contributed by atoms with Crippen molar-refractivity contribution in [2.75, 3.05) is 19.8 Å². The van der Waals surface area contributed by atoms with Gasteiger partial charge in [0.25, 0.3) is 0 Å². The zero-order valence-electron chi connectivity index (χ0n) is 13.4. The first-order chi connectivity index (χ1) is 11.6. The molecule has 2 aromatic carbocycles. The fraction of sp³-hybridized carbons (Fsp3) is 0.263. The molecule has 2 aromatic rings. The molecule has 0 radical (unpaired) electrons. The lowest BCUT2D eigenvalue weighted by atomic mass is 10.1. The molecule has 1 heterocycles. The van der Waals surface area contributed by atoms with Gasteiger partial charge in [-0.25, -0.2) is 4.79 Å². The molecule has 0 atom stereocenters. The van der Waals surface area contributed by atoms with Crippen molar-refractivity contribution in [3.05, 3.63) is 59.2 Å². The molecule has 0 saturated heterocycles. The number of hydrogen-bond acceptors (Lipinski definition) is 5. The second kappa shape index (κ2) is 7.17. The summed E-state index contributed by atoms with van der Waals surface area (Å²) in [5.74, 6) is 0.372. The van der Waals surface area contributed by atoms with Crippen LogP contribution in [-0.2, 0) is 4.74 Å². The van der Waals surface area contributed by atoms with E-state index in [1.165, 1.54) is 0 Å². The Kier molecular flexibility index (Phi) is 4.79. The zero-order chi connectivity index (χ0) is 16.9. The highest BCUT2D eigenvalue weighted by Gasteiger charge is 2.16. The molecular formula is C19H18O5. The number of rotatable bonds is 4. The Hall–Kier alpha value is -2.82. The number of fused-ring (bicyclic) bond motifs is 1. The lowest BCUT2D eigenvalue weighted by molar-refractivity contribution is 0.0474. The molecular weight excluding hydrogens is 308 g/mol. The molecule has 0 amide bonds. The predicted molar refractivity (Wildman–Crippen MR) is 87.8 cm³/mol. The normalized spacial score (nSPS) is 13.0. The zero-order valence-corrected chi connectivity index (χ0v) is 13.4. The highest BCUT2D eigenvalue weighted by atomic mass is 16.5. The van der Waals surface area contributed by atoms with Crippen molar-refractivity contribution in [3.8, 4) is 11.5 Å². The molecule has 1 aliphatic heterocycles. The van der Waals surface area contributed by atoms with Gasteiger partial charge in [-0.3, -0.25) is 4.79 Å². The summed E-state index contributed by atoms with van der Waals surface area (Å²) in [4.78, 5) is 24.2. The van der Waals surface area contributed by atoms with Crippen LogP contribution in [0.25, 0.3) is 0 Å². The summed E-state index contributed by atoms with van der Waals surface area (Å²) in [7, 11) is 0. The lowest BCUT2D eigenvalue weighted by Crippen LogP contribution is -2.14. The fourth-order valence-electron chi connectivity index (χ4n) is 2.41. The van der Waals surface area contributed by atoms with Crippen LogP contribution in [-0.4, -0.2) is 31.6 Å². The number of ketones is 1. The maximum atomic E-state index is 12.2. The average Bonchev–Trinajstić information content (AvgIpc) is 2.84. The Balaban J connectivity index is 1.65. The number of carbonyl (C=O) groups is 2. The van der Waals surface area contributed by atoms with Gasteiger partial charge in [0, 0.05) is 12.0 Å². The van der Waals surface area contributed by atoms with Gasteiger partial charge in [0.15, 0.2) is 23.9 Å². The number of carbonyl (C=O) groups excluding carboxylic acids is 2. The number of aryl methyl sites for hydroxylation is 1. The van der Waals surface area contributed by atoms with Crippen molar-refractivity contribution < 1.29 is 23.8 Å². The van der Waals surface area contributed by atoms with Crippen LogP contribution in [0.5, 0.6) is 11.5 Å². The van der Waals surface area contributed by atoms with Gasteiger partial charge in [0.05, 0.1) is 18.8 Å². The van der Waals surface area contributed by atoms with Gasteiger partial charge in [0.1, 0.15) is 0 Å². The molecule has 0 saturated carbocycles. The summed E-state index contributed by atoms with van der Waals surface area (Å²) in [6.45, 7) is 2.72. The monoisotopic (exact) mass is 326 g/mol. The predicted octanol–water partition coefficient (Wildman–Crippen LogP) is 3.20. The van der Waals surface area contributed by atoms with Crippen molar-refractivity contribution in [2.45, 2.75) is 13.3 Å². The molecule has 5 nitrogen and oxygen atoms in total. The Morgan fingerprint density at radius 2 is 1.79 bits per heavy atom. The topological polar surface area (TPSA) is 61.8 Å². The quantitative estimate of drug-likeness (QED) is 0.638. The van der Waals surface area contributed by atoms with E-state index < -0.39 is 5.97 Å². The molecule has 24 heavy (non-hydrogen) atoms. The van der Waals surface area contributed by atoms with Crippen LogP contribution < -0.4 is 9.47 Å². The average molecular weight is 326 g/mol. The fourth-order valence-corrected chi connectivity index (χ4v) is 2.41. The van der Waals surface area contributed by atoms with Gasteiger partial charge in [-0.15, -0.1) is 0 Å².